The Bertz CT molecular complexity index is 933. The third-order valence-electron chi connectivity index (χ3n) is 4.14. The molecule has 0 aliphatic carbocycles. The molecule has 3 aromatic heterocycles. The molecule has 5 heteroatoms. The van der Waals surface area contributed by atoms with Gasteiger partial charge >= 0.3 is 0 Å². The number of aromatic amines is 1. The van der Waals surface area contributed by atoms with Gasteiger partial charge in [0, 0.05) is 12.4 Å². The highest BCUT2D eigenvalue weighted by Crippen LogP contribution is 2.28. The maximum absolute atomic E-state index is 5.20. The van der Waals surface area contributed by atoms with Crippen LogP contribution >= 0.6 is 0 Å². The fourth-order valence-corrected chi connectivity index (χ4v) is 3.00. The summed E-state index contributed by atoms with van der Waals surface area (Å²) in [5, 5.41) is 0. The number of H-pyrrole nitrogens is 1. The van der Waals surface area contributed by atoms with Crippen molar-refractivity contribution in [3.63, 3.8) is 0 Å². The highest BCUT2D eigenvalue weighted by molar-refractivity contribution is 5.76. The number of hydrogen-bond donors (Lipinski definition) is 1. The maximum atomic E-state index is 5.20. The molecular weight excluding hydrogens is 288 g/mol. The van der Waals surface area contributed by atoms with Crippen LogP contribution in [0.1, 0.15) is 30.8 Å². The molecule has 1 unspecified atom stereocenters. The van der Waals surface area contributed by atoms with Crippen molar-refractivity contribution in [2.45, 2.75) is 26.3 Å². The summed E-state index contributed by atoms with van der Waals surface area (Å²) in [5.41, 5.74) is 4.26. The van der Waals surface area contributed by atoms with Crippen LogP contribution in [0.15, 0.2) is 53.6 Å². The zero-order valence-corrected chi connectivity index (χ0v) is 13.2. The van der Waals surface area contributed by atoms with E-state index in [1.54, 1.807) is 12.5 Å². The van der Waals surface area contributed by atoms with E-state index in [0.717, 1.165) is 34.7 Å². The molecule has 0 aliphatic heterocycles. The highest BCUT2D eigenvalue weighted by Gasteiger charge is 2.20. The van der Waals surface area contributed by atoms with Crippen LogP contribution in [0.25, 0.3) is 22.4 Å². The number of hydrogen-bond acceptors (Lipinski definition) is 3. The van der Waals surface area contributed by atoms with Gasteiger partial charge in [0.25, 0.3) is 0 Å². The second-order valence-corrected chi connectivity index (χ2v) is 5.74. The Morgan fingerprint density at radius 1 is 1.30 bits per heavy atom. The van der Waals surface area contributed by atoms with E-state index in [1.807, 2.05) is 18.5 Å². The van der Waals surface area contributed by atoms with Crippen molar-refractivity contribution in [1.29, 1.82) is 0 Å². The fourth-order valence-electron chi connectivity index (χ4n) is 3.00. The Balaban J connectivity index is 1.81. The number of nitrogens with one attached hydrogen (secondary N) is 1. The lowest BCUT2D eigenvalue weighted by atomic mass is 10.2. The summed E-state index contributed by atoms with van der Waals surface area (Å²) in [6.45, 7) is 4.24. The van der Waals surface area contributed by atoms with Gasteiger partial charge in [0.15, 0.2) is 0 Å². The highest BCUT2D eigenvalue weighted by atomic mass is 16.3. The molecule has 4 aromatic rings. The minimum absolute atomic E-state index is 0.107. The van der Waals surface area contributed by atoms with Crippen LogP contribution < -0.4 is 0 Å². The van der Waals surface area contributed by atoms with Gasteiger partial charge in [0.1, 0.15) is 17.9 Å². The topological polar surface area (TPSA) is 59.6 Å². The molecule has 0 saturated heterocycles. The summed E-state index contributed by atoms with van der Waals surface area (Å²) in [6.07, 6.45) is 8.11. The van der Waals surface area contributed by atoms with Crippen molar-refractivity contribution in [1.82, 2.24) is 19.5 Å². The van der Waals surface area contributed by atoms with Crippen LogP contribution in [0, 0.1) is 6.92 Å². The summed E-state index contributed by atoms with van der Waals surface area (Å²) in [7, 11) is 0. The van der Waals surface area contributed by atoms with Crippen molar-refractivity contribution >= 4 is 11.0 Å². The second kappa shape index (κ2) is 5.43. The van der Waals surface area contributed by atoms with E-state index >= 15 is 0 Å². The molecule has 4 rings (SSSR count). The number of furan rings is 1. The van der Waals surface area contributed by atoms with E-state index in [1.165, 1.54) is 5.56 Å². The Morgan fingerprint density at radius 2 is 2.22 bits per heavy atom. The van der Waals surface area contributed by atoms with Crippen LogP contribution in [-0.4, -0.2) is 19.5 Å². The first-order valence-electron chi connectivity index (χ1n) is 7.78. The fraction of sp³-hybridized carbons (Fsp3) is 0.222. The van der Waals surface area contributed by atoms with Crippen LogP contribution in [-0.2, 0) is 0 Å². The number of imidazole rings is 2. The molecule has 23 heavy (non-hydrogen) atoms. The number of nitrogens with zero attached hydrogens (tertiary/aromatic N) is 3. The lowest BCUT2D eigenvalue weighted by molar-refractivity contribution is 0.544. The molecule has 116 valence electrons. The average Bonchev–Trinajstić information content (AvgIpc) is 3.27. The molecule has 0 aliphatic rings. The quantitative estimate of drug-likeness (QED) is 0.610. The Morgan fingerprint density at radius 3 is 3.00 bits per heavy atom. The summed E-state index contributed by atoms with van der Waals surface area (Å²) in [5.74, 6) is 1.85. The van der Waals surface area contributed by atoms with E-state index < -0.39 is 0 Å². The zero-order chi connectivity index (χ0) is 15.8. The van der Waals surface area contributed by atoms with Gasteiger partial charge < -0.3 is 14.0 Å². The molecule has 5 nitrogen and oxygen atoms in total. The van der Waals surface area contributed by atoms with Crippen LogP contribution in [0.3, 0.4) is 0 Å². The molecule has 0 bridgehead atoms. The molecular formula is C18H18N4O. The van der Waals surface area contributed by atoms with E-state index in [0.29, 0.717) is 0 Å². The first-order valence-corrected chi connectivity index (χ1v) is 7.78. The number of benzene rings is 1. The van der Waals surface area contributed by atoms with Gasteiger partial charge in [0.2, 0.25) is 0 Å². The molecule has 0 amide bonds. The van der Waals surface area contributed by atoms with Crippen molar-refractivity contribution in [3.05, 3.63) is 60.6 Å². The lowest BCUT2D eigenvalue weighted by Crippen LogP contribution is -2.11. The number of rotatable bonds is 4. The number of fused-ring (bicyclic) bond motifs is 1. The van der Waals surface area contributed by atoms with Crippen molar-refractivity contribution < 1.29 is 4.42 Å². The molecule has 1 aromatic carbocycles. The number of aryl methyl sites for hydroxylation is 1. The summed E-state index contributed by atoms with van der Waals surface area (Å²) >= 11 is 0. The van der Waals surface area contributed by atoms with Gasteiger partial charge in [-0.15, -0.1) is 0 Å². The first-order chi connectivity index (χ1) is 11.3. The standard InChI is InChI=1S/C18H18N4O/c1-3-16(17-20-14-5-4-12(2)10-15(14)21-17)22-8-7-19-18(22)13-6-9-23-11-13/h4-11,16H,3H2,1-2H3,(H,20,21). The molecule has 0 fully saturated rings. The Labute approximate surface area is 134 Å². The minimum atomic E-state index is 0.107. The minimum Gasteiger partial charge on any atom is -0.472 e. The van der Waals surface area contributed by atoms with Crippen molar-refractivity contribution in [2.75, 3.05) is 0 Å². The molecule has 0 saturated carbocycles. The lowest BCUT2D eigenvalue weighted by Gasteiger charge is -2.16. The summed E-state index contributed by atoms with van der Waals surface area (Å²) in [4.78, 5) is 12.7. The molecule has 1 atom stereocenters. The van der Waals surface area contributed by atoms with Crippen molar-refractivity contribution in [3.8, 4) is 11.4 Å². The zero-order valence-electron chi connectivity index (χ0n) is 13.2. The van der Waals surface area contributed by atoms with Crippen LogP contribution in [0.5, 0.6) is 0 Å². The number of aromatic nitrogens is 4. The molecule has 0 radical (unpaired) electrons. The van der Waals surface area contributed by atoms with Gasteiger partial charge in [-0.05, 0) is 37.1 Å². The van der Waals surface area contributed by atoms with Gasteiger partial charge in [-0.2, -0.15) is 0 Å². The predicted octanol–water partition coefficient (Wildman–Crippen LogP) is 4.33. The van der Waals surface area contributed by atoms with E-state index in [4.69, 9.17) is 9.40 Å². The monoisotopic (exact) mass is 306 g/mol. The van der Waals surface area contributed by atoms with Crippen LogP contribution in [0.4, 0.5) is 0 Å². The second-order valence-electron chi connectivity index (χ2n) is 5.74. The molecule has 1 N–H and O–H groups in total. The van der Waals surface area contributed by atoms with Gasteiger partial charge in [-0.25, -0.2) is 9.97 Å². The summed E-state index contributed by atoms with van der Waals surface area (Å²) in [6, 6.07) is 8.30. The third-order valence-corrected chi connectivity index (χ3v) is 4.14. The van der Waals surface area contributed by atoms with Gasteiger partial charge in [-0.3, -0.25) is 0 Å². The smallest absolute Gasteiger partial charge is 0.143 e. The maximum Gasteiger partial charge on any atom is 0.143 e. The molecule has 3 heterocycles. The third kappa shape index (κ3) is 2.34. The van der Waals surface area contributed by atoms with Gasteiger partial charge in [-0.1, -0.05) is 13.0 Å². The van der Waals surface area contributed by atoms with E-state index in [2.05, 4.69) is 46.6 Å². The van der Waals surface area contributed by atoms with E-state index in [-0.39, 0.29) is 6.04 Å². The summed E-state index contributed by atoms with van der Waals surface area (Å²) < 4.78 is 7.35. The van der Waals surface area contributed by atoms with Crippen LogP contribution in [0.2, 0.25) is 0 Å². The predicted molar refractivity (Wildman–Crippen MR) is 89.2 cm³/mol. The first kappa shape index (κ1) is 13.8. The SMILES string of the molecule is CCC(c1nc2ccc(C)cc2[nH]1)n1ccnc1-c1ccoc1. The van der Waals surface area contributed by atoms with Gasteiger partial charge in [0.05, 0.1) is 28.9 Å². The normalized spacial score (nSPS) is 12.8. The Kier molecular flexibility index (Phi) is 3.26. The molecule has 0 spiro atoms. The van der Waals surface area contributed by atoms with E-state index in [9.17, 15) is 0 Å². The average molecular weight is 306 g/mol. The largest absolute Gasteiger partial charge is 0.472 e. The Hall–Kier alpha value is -2.82. The van der Waals surface area contributed by atoms with Crippen molar-refractivity contribution in [2.24, 2.45) is 0 Å².